The van der Waals surface area contributed by atoms with E-state index < -0.39 is 28.5 Å². The van der Waals surface area contributed by atoms with Crippen LogP contribution in [0.1, 0.15) is 44.6 Å². The van der Waals surface area contributed by atoms with Crippen molar-refractivity contribution in [3.05, 3.63) is 62.7 Å². The molecule has 0 heterocycles. The van der Waals surface area contributed by atoms with Gasteiger partial charge in [-0.2, -0.15) is 0 Å². The molecule has 10 heteroatoms. The van der Waals surface area contributed by atoms with E-state index in [9.17, 15) is 18.0 Å². The molecule has 0 saturated heterocycles. The number of amides is 2. The minimum atomic E-state index is -3.74. The van der Waals surface area contributed by atoms with Crippen LogP contribution in [0.5, 0.6) is 0 Å². The summed E-state index contributed by atoms with van der Waals surface area (Å²) in [5.74, 6) is -0.653. The number of nitrogens with zero attached hydrogens (tertiary/aromatic N) is 2. The molecule has 2 aromatic rings. The third-order valence-electron chi connectivity index (χ3n) is 6.15. The fraction of sp³-hybridized carbons (Fsp3) is 0.440. The summed E-state index contributed by atoms with van der Waals surface area (Å²) in [5, 5.41) is 3.66. The fourth-order valence-electron chi connectivity index (χ4n) is 4.29. The molecule has 1 N–H and O–H groups in total. The first-order valence-electron chi connectivity index (χ1n) is 11.7. The zero-order valence-corrected chi connectivity index (χ0v) is 23.6. The molecule has 0 radical (unpaired) electrons. The number of anilines is 1. The molecular formula is C25H31ClIN3O4S. The highest BCUT2D eigenvalue weighted by atomic mass is 127. The second-order valence-electron chi connectivity index (χ2n) is 8.81. The Labute approximate surface area is 226 Å². The van der Waals surface area contributed by atoms with E-state index >= 15 is 0 Å². The molecule has 2 aromatic carbocycles. The van der Waals surface area contributed by atoms with Gasteiger partial charge in [0.1, 0.15) is 12.6 Å². The molecule has 0 aliphatic heterocycles. The highest BCUT2D eigenvalue weighted by molar-refractivity contribution is 14.1. The highest BCUT2D eigenvalue weighted by Gasteiger charge is 2.33. The van der Waals surface area contributed by atoms with Crippen LogP contribution in [-0.4, -0.2) is 50.0 Å². The molecule has 35 heavy (non-hydrogen) atoms. The molecule has 0 bridgehead atoms. The minimum absolute atomic E-state index is 0.114. The van der Waals surface area contributed by atoms with E-state index in [4.69, 9.17) is 11.6 Å². The van der Waals surface area contributed by atoms with Crippen LogP contribution in [0.25, 0.3) is 0 Å². The summed E-state index contributed by atoms with van der Waals surface area (Å²) < 4.78 is 27.3. The van der Waals surface area contributed by atoms with Gasteiger partial charge in [-0.1, -0.05) is 43.5 Å². The molecule has 1 aliphatic rings. The third kappa shape index (κ3) is 7.82. The molecule has 1 aliphatic carbocycles. The van der Waals surface area contributed by atoms with Crippen molar-refractivity contribution in [1.29, 1.82) is 0 Å². The van der Waals surface area contributed by atoms with Crippen LogP contribution in [0, 0.1) is 3.57 Å². The molecular weight excluding hydrogens is 601 g/mol. The molecule has 1 unspecified atom stereocenters. The number of rotatable bonds is 10. The summed E-state index contributed by atoms with van der Waals surface area (Å²) >= 11 is 8.16. The van der Waals surface area contributed by atoms with E-state index in [0.717, 1.165) is 45.4 Å². The fourth-order valence-corrected chi connectivity index (χ4v) is 5.63. The van der Waals surface area contributed by atoms with Crippen LogP contribution in [0.15, 0.2) is 48.5 Å². The van der Waals surface area contributed by atoms with Crippen LogP contribution in [0.3, 0.4) is 0 Å². The van der Waals surface area contributed by atoms with E-state index in [-0.39, 0.29) is 18.5 Å². The van der Waals surface area contributed by atoms with Crippen molar-refractivity contribution in [2.24, 2.45) is 0 Å². The van der Waals surface area contributed by atoms with Gasteiger partial charge in [-0.05, 0) is 83.8 Å². The van der Waals surface area contributed by atoms with Gasteiger partial charge in [-0.15, -0.1) is 0 Å². The highest BCUT2D eigenvalue weighted by Crippen LogP contribution is 2.22. The van der Waals surface area contributed by atoms with E-state index in [1.165, 1.54) is 4.90 Å². The second-order valence-corrected chi connectivity index (χ2v) is 12.4. The standard InChI is InChI=1S/C25H31ClIN3O4S/c1-3-23(25(32)28-21-6-4-5-7-21)29(16-18-8-10-19(26)11-9-18)24(31)17-30(35(2,33)34)22-14-12-20(27)13-15-22/h8-15,21,23H,3-7,16-17H2,1-2H3,(H,28,32). The molecule has 0 aromatic heterocycles. The number of sulfonamides is 1. The van der Waals surface area contributed by atoms with Gasteiger partial charge in [0.15, 0.2) is 0 Å². The van der Waals surface area contributed by atoms with Gasteiger partial charge < -0.3 is 10.2 Å². The van der Waals surface area contributed by atoms with E-state index in [1.54, 1.807) is 48.5 Å². The average Bonchev–Trinajstić information content (AvgIpc) is 3.31. The number of hydrogen-bond acceptors (Lipinski definition) is 4. The van der Waals surface area contributed by atoms with Crippen LogP contribution in [0.2, 0.25) is 5.02 Å². The number of benzene rings is 2. The van der Waals surface area contributed by atoms with Crippen molar-refractivity contribution in [3.8, 4) is 0 Å². The van der Waals surface area contributed by atoms with Crippen molar-refractivity contribution < 1.29 is 18.0 Å². The van der Waals surface area contributed by atoms with Crippen molar-refractivity contribution in [2.45, 2.75) is 57.7 Å². The van der Waals surface area contributed by atoms with Gasteiger partial charge in [0.05, 0.1) is 11.9 Å². The van der Waals surface area contributed by atoms with Crippen molar-refractivity contribution in [2.75, 3.05) is 17.1 Å². The molecule has 7 nitrogen and oxygen atoms in total. The lowest BCUT2D eigenvalue weighted by Crippen LogP contribution is -2.53. The maximum atomic E-state index is 13.7. The van der Waals surface area contributed by atoms with Crippen LogP contribution in [0.4, 0.5) is 5.69 Å². The van der Waals surface area contributed by atoms with Crippen LogP contribution < -0.4 is 9.62 Å². The number of nitrogens with one attached hydrogen (secondary N) is 1. The van der Waals surface area contributed by atoms with Crippen molar-refractivity contribution in [1.82, 2.24) is 10.2 Å². The SMILES string of the molecule is CCC(C(=O)NC1CCCC1)N(Cc1ccc(Cl)cc1)C(=O)CN(c1ccc(I)cc1)S(C)(=O)=O. The predicted molar refractivity (Wildman–Crippen MR) is 148 cm³/mol. The Kier molecular flexibility index (Phi) is 9.83. The smallest absolute Gasteiger partial charge is 0.244 e. The summed E-state index contributed by atoms with van der Waals surface area (Å²) in [6.45, 7) is 1.62. The number of carbonyl (C=O) groups is 2. The Morgan fingerprint density at radius 3 is 2.23 bits per heavy atom. The molecule has 0 spiro atoms. The monoisotopic (exact) mass is 631 g/mol. The van der Waals surface area contributed by atoms with E-state index in [0.29, 0.717) is 17.1 Å². The van der Waals surface area contributed by atoms with Gasteiger partial charge in [0.25, 0.3) is 0 Å². The van der Waals surface area contributed by atoms with Gasteiger partial charge in [-0.25, -0.2) is 8.42 Å². The van der Waals surface area contributed by atoms with Crippen molar-refractivity contribution >= 4 is 61.7 Å². The number of hydrogen-bond donors (Lipinski definition) is 1. The zero-order valence-electron chi connectivity index (χ0n) is 19.9. The van der Waals surface area contributed by atoms with Crippen LogP contribution in [-0.2, 0) is 26.2 Å². The Hall–Kier alpha value is -1.85. The second kappa shape index (κ2) is 12.4. The summed E-state index contributed by atoms with van der Waals surface area (Å²) in [6, 6.07) is 13.4. The largest absolute Gasteiger partial charge is 0.352 e. The molecule has 1 atom stereocenters. The first-order chi connectivity index (χ1) is 16.6. The quantitative estimate of drug-likeness (QED) is 0.389. The van der Waals surface area contributed by atoms with E-state index in [1.807, 2.05) is 6.92 Å². The minimum Gasteiger partial charge on any atom is -0.352 e. The third-order valence-corrected chi connectivity index (χ3v) is 8.26. The lowest BCUT2D eigenvalue weighted by molar-refractivity contribution is -0.140. The first-order valence-corrected chi connectivity index (χ1v) is 15.0. The normalized spacial score (nSPS) is 15.0. The Morgan fingerprint density at radius 2 is 1.69 bits per heavy atom. The summed E-state index contributed by atoms with van der Waals surface area (Å²) in [5.41, 5.74) is 1.20. The van der Waals surface area contributed by atoms with E-state index in [2.05, 4.69) is 27.9 Å². The molecule has 3 rings (SSSR count). The molecule has 1 fully saturated rings. The topological polar surface area (TPSA) is 86.8 Å². The van der Waals surface area contributed by atoms with Gasteiger partial charge in [-0.3, -0.25) is 13.9 Å². The molecule has 1 saturated carbocycles. The molecule has 2 amide bonds. The number of halogens is 2. The van der Waals surface area contributed by atoms with Gasteiger partial charge in [0.2, 0.25) is 21.8 Å². The maximum absolute atomic E-state index is 13.7. The van der Waals surface area contributed by atoms with Gasteiger partial charge >= 0.3 is 0 Å². The number of carbonyl (C=O) groups excluding carboxylic acids is 2. The average molecular weight is 632 g/mol. The Morgan fingerprint density at radius 1 is 1.09 bits per heavy atom. The zero-order chi connectivity index (χ0) is 25.6. The molecule has 190 valence electrons. The van der Waals surface area contributed by atoms with Gasteiger partial charge in [0, 0.05) is 21.2 Å². The Bertz CT molecular complexity index is 1120. The summed E-state index contributed by atoms with van der Waals surface area (Å²) in [6.07, 6.45) is 5.50. The Balaban J connectivity index is 1.90. The first kappa shape index (κ1) is 27.7. The maximum Gasteiger partial charge on any atom is 0.244 e. The summed E-state index contributed by atoms with van der Waals surface area (Å²) in [4.78, 5) is 28.4. The lowest BCUT2D eigenvalue weighted by atomic mass is 10.1. The predicted octanol–water partition coefficient (Wildman–Crippen LogP) is 4.58. The lowest BCUT2D eigenvalue weighted by Gasteiger charge is -2.33. The summed E-state index contributed by atoms with van der Waals surface area (Å²) in [7, 11) is -3.74. The van der Waals surface area contributed by atoms with Crippen LogP contribution >= 0.6 is 34.2 Å². The van der Waals surface area contributed by atoms with Crippen molar-refractivity contribution in [3.63, 3.8) is 0 Å².